The second-order valence-corrected chi connectivity index (χ2v) is 9.71. The quantitative estimate of drug-likeness (QED) is 0.499. The molecule has 4 rings (SSSR count). The van der Waals surface area contributed by atoms with Crippen LogP contribution in [0.3, 0.4) is 0 Å². The SMILES string of the molecule is Cc1nc(C)c(-c2cc(C(=O)NC[C@H]3CC[C@H](CNC(=O)O)CC3)c3ccccc3n2)s1. The maximum Gasteiger partial charge on any atom is 0.404 e. The van der Waals surface area contributed by atoms with Gasteiger partial charge in [0, 0.05) is 18.5 Å². The fourth-order valence-electron chi connectivity index (χ4n) is 4.45. The molecule has 2 aromatic heterocycles. The lowest BCUT2D eigenvalue weighted by molar-refractivity contribution is 0.0942. The number of aromatic nitrogens is 2. The van der Waals surface area contributed by atoms with Gasteiger partial charge in [0.25, 0.3) is 5.91 Å². The molecule has 7 nitrogen and oxygen atoms in total. The van der Waals surface area contributed by atoms with Crippen molar-refractivity contribution >= 4 is 34.2 Å². The topological polar surface area (TPSA) is 104 Å². The van der Waals surface area contributed by atoms with Gasteiger partial charge in [0.1, 0.15) is 0 Å². The Morgan fingerprint density at radius 2 is 1.69 bits per heavy atom. The third kappa shape index (κ3) is 5.07. The molecule has 0 bridgehead atoms. The lowest BCUT2D eigenvalue weighted by atomic mass is 9.82. The van der Waals surface area contributed by atoms with E-state index in [1.807, 2.05) is 44.2 Å². The zero-order chi connectivity index (χ0) is 22.7. The zero-order valence-electron chi connectivity index (χ0n) is 18.4. The molecule has 8 heteroatoms. The molecule has 1 aromatic carbocycles. The molecular formula is C24H28N4O3S. The third-order valence-electron chi connectivity index (χ3n) is 6.16. The highest BCUT2D eigenvalue weighted by Crippen LogP contribution is 2.32. The molecule has 0 aliphatic heterocycles. The monoisotopic (exact) mass is 452 g/mol. The first-order valence-electron chi connectivity index (χ1n) is 11.0. The number of amides is 2. The van der Waals surface area contributed by atoms with Gasteiger partial charge in [-0.3, -0.25) is 4.79 Å². The number of hydrogen-bond donors (Lipinski definition) is 3. The van der Waals surface area contributed by atoms with Crippen LogP contribution in [0.25, 0.3) is 21.5 Å². The summed E-state index contributed by atoms with van der Waals surface area (Å²) in [5.74, 6) is 0.716. The average molecular weight is 453 g/mol. The van der Waals surface area contributed by atoms with E-state index in [-0.39, 0.29) is 5.91 Å². The summed E-state index contributed by atoms with van der Waals surface area (Å²) in [7, 11) is 0. The van der Waals surface area contributed by atoms with Gasteiger partial charge < -0.3 is 15.7 Å². The second kappa shape index (κ2) is 9.65. The minimum Gasteiger partial charge on any atom is -0.465 e. The molecule has 3 N–H and O–H groups in total. The molecule has 0 atom stereocenters. The van der Waals surface area contributed by atoms with E-state index in [9.17, 15) is 9.59 Å². The Labute approximate surface area is 191 Å². The van der Waals surface area contributed by atoms with Gasteiger partial charge in [-0.05, 0) is 63.5 Å². The number of nitrogens with one attached hydrogen (secondary N) is 2. The number of fused-ring (bicyclic) bond motifs is 1. The summed E-state index contributed by atoms with van der Waals surface area (Å²) in [6.07, 6.45) is 2.98. The van der Waals surface area contributed by atoms with E-state index < -0.39 is 6.09 Å². The molecule has 32 heavy (non-hydrogen) atoms. The summed E-state index contributed by atoms with van der Waals surface area (Å²) in [5.41, 5.74) is 3.14. The molecule has 0 radical (unpaired) electrons. The Morgan fingerprint density at radius 3 is 2.31 bits per heavy atom. The van der Waals surface area contributed by atoms with Crippen molar-refractivity contribution in [3.05, 3.63) is 46.6 Å². The van der Waals surface area contributed by atoms with Gasteiger partial charge in [0.2, 0.25) is 0 Å². The predicted molar refractivity (Wildman–Crippen MR) is 126 cm³/mol. The first-order valence-corrected chi connectivity index (χ1v) is 11.8. The van der Waals surface area contributed by atoms with Crippen LogP contribution in [0, 0.1) is 25.7 Å². The van der Waals surface area contributed by atoms with Crippen molar-refractivity contribution in [1.82, 2.24) is 20.6 Å². The number of rotatable bonds is 6. The molecule has 2 heterocycles. The summed E-state index contributed by atoms with van der Waals surface area (Å²) in [6, 6.07) is 9.61. The van der Waals surface area contributed by atoms with Crippen molar-refractivity contribution in [3.8, 4) is 10.6 Å². The number of nitrogens with zero attached hydrogens (tertiary/aromatic N) is 2. The highest BCUT2D eigenvalue weighted by molar-refractivity contribution is 7.15. The Balaban J connectivity index is 1.47. The number of aryl methyl sites for hydroxylation is 2. The summed E-state index contributed by atoms with van der Waals surface area (Å²) in [6.45, 7) is 5.08. The zero-order valence-corrected chi connectivity index (χ0v) is 19.2. The maximum atomic E-state index is 13.2. The van der Waals surface area contributed by atoms with E-state index in [2.05, 4.69) is 15.6 Å². The molecule has 1 aliphatic carbocycles. The molecular weight excluding hydrogens is 424 g/mol. The number of benzene rings is 1. The fraction of sp³-hybridized carbons (Fsp3) is 0.417. The molecule has 3 aromatic rings. The summed E-state index contributed by atoms with van der Waals surface area (Å²) < 4.78 is 0. The van der Waals surface area contributed by atoms with Crippen LogP contribution < -0.4 is 10.6 Å². The first kappa shape index (κ1) is 22.2. The minimum absolute atomic E-state index is 0.0848. The number of pyridine rings is 1. The minimum atomic E-state index is -0.966. The Morgan fingerprint density at radius 1 is 1.03 bits per heavy atom. The van der Waals surface area contributed by atoms with Crippen LogP contribution in [0.1, 0.15) is 46.7 Å². The molecule has 1 fully saturated rings. The largest absolute Gasteiger partial charge is 0.465 e. The molecule has 2 amide bonds. The Hall–Kier alpha value is -3.00. The van der Waals surface area contributed by atoms with Gasteiger partial charge in [0.15, 0.2) is 0 Å². The van der Waals surface area contributed by atoms with Crippen molar-refractivity contribution in [3.63, 3.8) is 0 Å². The predicted octanol–water partition coefficient (Wildman–Crippen LogP) is 4.78. The van der Waals surface area contributed by atoms with Crippen LogP contribution in [0.5, 0.6) is 0 Å². The lowest BCUT2D eigenvalue weighted by Crippen LogP contribution is -2.34. The number of carboxylic acid groups (broad SMARTS) is 1. The maximum absolute atomic E-state index is 13.2. The van der Waals surface area contributed by atoms with Crippen molar-refractivity contribution < 1.29 is 14.7 Å². The van der Waals surface area contributed by atoms with Gasteiger partial charge in [-0.1, -0.05) is 18.2 Å². The smallest absolute Gasteiger partial charge is 0.404 e. The third-order valence-corrected chi connectivity index (χ3v) is 7.25. The summed E-state index contributed by atoms with van der Waals surface area (Å²) in [5, 5.41) is 16.2. The molecule has 0 saturated heterocycles. The standard InChI is InChI=1S/C24H28N4O3S/c1-14-22(32-15(2)27-14)21-11-19(18-5-3-4-6-20(18)28-21)23(29)25-12-16-7-9-17(10-8-16)13-26-24(30)31/h3-6,11,16-17,26H,7-10,12-13H2,1-2H3,(H,25,29)(H,30,31)/t16-,17-. The summed E-state index contributed by atoms with van der Waals surface area (Å²) in [4.78, 5) is 34.2. The molecule has 0 unspecified atom stereocenters. The van der Waals surface area contributed by atoms with Crippen LogP contribution in [0.15, 0.2) is 30.3 Å². The van der Waals surface area contributed by atoms with Gasteiger partial charge >= 0.3 is 6.09 Å². The number of thiazole rings is 1. The number of carbonyl (C=O) groups is 2. The van der Waals surface area contributed by atoms with Crippen LogP contribution in [0.4, 0.5) is 4.79 Å². The highest BCUT2D eigenvalue weighted by Gasteiger charge is 2.23. The van der Waals surface area contributed by atoms with Crippen molar-refractivity contribution in [2.24, 2.45) is 11.8 Å². The molecule has 1 saturated carbocycles. The van der Waals surface area contributed by atoms with E-state index in [1.54, 1.807) is 11.3 Å². The van der Waals surface area contributed by atoms with Crippen molar-refractivity contribution in [2.45, 2.75) is 39.5 Å². The highest BCUT2D eigenvalue weighted by atomic mass is 32.1. The van der Waals surface area contributed by atoms with Crippen LogP contribution in [-0.2, 0) is 0 Å². The average Bonchev–Trinajstić information content (AvgIpc) is 3.13. The van der Waals surface area contributed by atoms with Gasteiger partial charge in [-0.15, -0.1) is 11.3 Å². The summed E-state index contributed by atoms with van der Waals surface area (Å²) >= 11 is 1.59. The van der Waals surface area contributed by atoms with Crippen molar-refractivity contribution in [1.29, 1.82) is 0 Å². The van der Waals surface area contributed by atoms with Crippen LogP contribution in [0.2, 0.25) is 0 Å². The van der Waals surface area contributed by atoms with Gasteiger partial charge in [0.05, 0.1) is 32.4 Å². The lowest BCUT2D eigenvalue weighted by Gasteiger charge is -2.28. The van der Waals surface area contributed by atoms with Crippen LogP contribution in [-0.4, -0.2) is 40.2 Å². The van der Waals surface area contributed by atoms with E-state index in [1.165, 1.54) is 0 Å². The van der Waals surface area contributed by atoms with Crippen LogP contribution >= 0.6 is 11.3 Å². The van der Waals surface area contributed by atoms with E-state index in [0.717, 1.165) is 57.9 Å². The number of carbonyl (C=O) groups excluding carboxylic acids is 1. The van der Waals surface area contributed by atoms with Gasteiger partial charge in [-0.25, -0.2) is 14.8 Å². The number of para-hydroxylation sites is 1. The van der Waals surface area contributed by atoms with E-state index in [4.69, 9.17) is 10.1 Å². The Bertz CT molecular complexity index is 1140. The van der Waals surface area contributed by atoms with E-state index in [0.29, 0.717) is 30.5 Å². The van der Waals surface area contributed by atoms with E-state index >= 15 is 0 Å². The fourth-order valence-corrected chi connectivity index (χ4v) is 5.33. The normalized spacial score (nSPS) is 18.4. The molecule has 168 valence electrons. The number of hydrogen-bond acceptors (Lipinski definition) is 5. The van der Waals surface area contributed by atoms with Crippen molar-refractivity contribution in [2.75, 3.05) is 13.1 Å². The van der Waals surface area contributed by atoms with Gasteiger partial charge in [-0.2, -0.15) is 0 Å². The molecule has 1 aliphatic rings. The molecule has 0 spiro atoms. The Kier molecular flexibility index (Phi) is 6.69. The second-order valence-electron chi connectivity index (χ2n) is 8.50. The first-order chi connectivity index (χ1) is 15.4.